The highest BCUT2D eigenvalue weighted by atomic mass is 16.4. The van der Waals surface area contributed by atoms with Gasteiger partial charge in [0, 0.05) is 32.1 Å². The Balaban J connectivity index is -0.000000143. The van der Waals surface area contributed by atoms with Crippen molar-refractivity contribution in [3.63, 3.8) is 0 Å². The lowest BCUT2D eigenvalue weighted by Crippen LogP contribution is -2.37. The Morgan fingerprint density at radius 1 is 0.271 bits per heavy atom. The first-order valence-electron chi connectivity index (χ1n) is 22.6. The zero-order valence-electron chi connectivity index (χ0n) is 38.1. The molecule has 0 spiro atoms. The maximum Gasteiger partial charge on any atom is 0.303 e. The van der Waals surface area contributed by atoms with Gasteiger partial charge in [-0.3, -0.25) is 24.0 Å². The average Bonchev–Trinajstić information content (AvgIpc) is 3.19. The third kappa shape index (κ3) is 80.0. The highest BCUT2D eigenvalue weighted by molar-refractivity contribution is 5.67. The molecule has 0 aromatic rings. The molecule has 0 rings (SSSR count). The number of unbranched alkanes of at least 4 members (excludes halogenated alkanes) is 20. The normalized spacial score (nSPS) is 10.1. The van der Waals surface area contributed by atoms with Crippen molar-refractivity contribution in [2.24, 2.45) is 5.41 Å². The van der Waals surface area contributed by atoms with Crippen LogP contribution in [0.15, 0.2) is 0 Å². The third-order valence-corrected chi connectivity index (χ3v) is 8.81. The van der Waals surface area contributed by atoms with Gasteiger partial charge >= 0.3 is 29.8 Å². The van der Waals surface area contributed by atoms with Gasteiger partial charge in [0.05, 0.1) is 31.8 Å². The minimum absolute atomic E-state index is 0.337. The first kappa shape index (κ1) is 67.9. The van der Waals surface area contributed by atoms with Crippen LogP contribution in [-0.2, 0) is 24.0 Å². The van der Waals surface area contributed by atoms with Crippen molar-refractivity contribution in [2.45, 2.75) is 227 Å². The van der Waals surface area contributed by atoms with Crippen LogP contribution in [0.5, 0.6) is 0 Å². The second-order valence-electron chi connectivity index (χ2n) is 14.9. The molecule has 0 aromatic carbocycles. The number of carbonyl (C=O) groups is 5. The summed E-state index contributed by atoms with van der Waals surface area (Å²) in [7, 11) is 0. The van der Waals surface area contributed by atoms with Crippen LogP contribution in [0.3, 0.4) is 0 Å². The van der Waals surface area contributed by atoms with Crippen molar-refractivity contribution < 1.29 is 69.9 Å². The third-order valence-electron chi connectivity index (χ3n) is 8.81. The number of hydrogen-bond donors (Lipinski definition) is 9. The quantitative estimate of drug-likeness (QED) is 0.0273. The highest BCUT2D eigenvalue weighted by Gasteiger charge is 2.26. The number of rotatable bonds is 34. The molecule has 0 radical (unpaired) electrons. The number of carboxylic acids is 5. The minimum Gasteiger partial charge on any atom is -0.481 e. The maximum atomic E-state index is 10.0. The molecule has 59 heavy (non-hydrogen) atoms. The zero-order chi connectivity index (χ0) is 46.4. The molecule has 356 valence electrons. The highest BCUT2D eigenvalue weighted by Crippen LogP contribution is 2.12. The summed E-state index contributed by atoms with van der Waals surface area (Å²) in [5, 5.41) is 75.3. The Bertz CT molecular complexity index is 722. The number of aliphatic hydroxyl groups is 4. The van der Waals surface area contributed by atoms with Gasteiger partial charge in [-0.25, -0.2) is 0 Å². The van der Waals surface area contributed by atoms with Crippen molar-refractivity contribution in [3.8, 4) is 0 Å². The maximum absolute atomic E-state index is 10.0. The molecular weight excluding hydrogens is 764 g/mol. The van der Waals surface area contributed by atoms with E-state index >= 15 is 0 Å². The van der Waals surface area contributed by atoms with Crippen LogP contribution < -0.4 is 0 Å². The zero-order valence-corrected chi connectivity index (χ0v) is 38.1. The van der Waals surface area contributed by atoms with Gasteiger partial charge in [0.25, 0.3) is 0 Å². The number of aliphatic hydroxyl groups excluding tert-OH is 4. The van der Waals surface area contributed by atoms with Gasteiger partial charge in [0.15, 0.2) is 0 Å². The van der Waals surface area contributed by atoms with Crippen molar-refractivity contribution in [1.29, 1.82) is 0 Å². The Kier molecular flexibility index (Phi) is 68.5. The van der Waals surface area contributed by atoms with Gasteiger partial charge in [-0.15, -0.1) is 0 Å². The molecule has 14 nitrogen and oxygen atoms in total. The minimum atomic E-state index is -1.11. The van der Waals surface area contributed by atoms with E-state index in [1.54, 1.807) is 0 Å². The van der Waals surface area contributed by atoms with Crippen LogP contribution in [-0.4, -0.2) is 102 Å². The summed E-state index contributed by atoms with van der Waals surface area (Å²) in [6, 6.07) is 0. The predicted octanol–water partition coefficient (Wildman–Crippen LogP) is 10.1. The fraction of sp³-hybridized carbons (Fsp3) is 0.889. The second-order valence-corrected chi connectivity index (χ2v) is 14.9. The molecule has 0 aliphatic rings. The summed E-state index contributed by atoms with van der Waals surface area (Å²) >= 11 is 0. The summed E-state index contributed by atoms with van der Waals surface area (Å²) in [5.41, 5.74) is -1.11. The van der Waals surface area contributed by atoms with Gasteiger partial charge in [-0.2, -0.15) is 0 Å². The topological polar surface area (TPSA) is 267 Å². The lowest BCUT2D eigenvalue weighted by Gasteiger charge is -2.23. The van der Waals surface area contributed by atoms with Crippen molar-refractivity contribution in [1.82, 2.24) is 0 Å². The van der Waals surface area contributed by atoms with E-state index in [0.29, 0.717) is 32.1 Å². The van der Waals surface area contributed by atoms with Gasteiger partial charge in [0.1, 0.15) is 0 Å². The van der Waals surface area contributed by atoms with E-state index in [1.165, 1.54) is 96.3 Å². The molecule has 0 unspecified atom stereocenters. The van der Waals surface area contributed by atoms with E-state index < -0.39 is 61.7 Å². The summed E-state index contributed by atoms with van der Waals surface area (Å²) in [6.45, 7) is 9.12. The molecule has 0 saturated heterocycles. The van der Waals surface area contributed by atoms with Crippen LogP contribution in [0.4, 0.5) is 0 Å². The molecule has 0 bridgehead atoms. The van der Waals surface area contributed by atoms with E-state index in [1.807, 2.05) is 0 Å². The van der Waals surface area contributed by atoms with E-state index in [9.17, 15) is 24.0 Å². The molecule has 0 aliphatic heterocycles. The fourth-order valence-corrected chi connectivity index (χ4v) is 4.70. The molecular formula is C45H92O14. The van der Waals surface area contributed by atoms with E-state index in [4.69, 9.17) is 46.0 Å². The van der Waals surface area contributed by atoms with E-state index in [2.05, 4.69) is 34.6 Å². The largest absolute Gasteiger partial charge is 0.481 e. The first-order chi connectivity index (χ1) is 28.1. The number of aliphatic carboxylic acids is 5. The SMILES string of the molecule is CCCCCCCC(=O)O.CCCCCCCC(=O)O.CCCCCCCC(=O)O.CCCCCCCC(=O)O.CCCCCCCC(=O)O.OCC(CO)(CO)CO. The van der Waals surface area contributed by atoms with E-state index in [-0.39, 0.29) is 0 Å². The number of hydrogen-bond acceptors (Lipinski definition) is 9. The van der Waals surface area contributed by atoms with Crippen LogP contribution in [0, 0.1) is 5.41 Å². The number of carboxylic acid groups (broad SMARTS) is 5. The molecule has 0 amide bonds. The van der Waals surface area contributed by atoms with Crippen LogP contribution in [0.2, 0.25) is 0 Å². The lowest BCUT2D eigenvalue weighted by molar-refractivity contribution is -0.138. The molecule has 0 saturated carbocycles. The van der Waals surface area contributed by atoms with Gasteiger partial charge in [-0.05, 0) is 32.1 Å². The van der Waals surface area contributed by atoms with Crippen molar-refractivity contribution >= 4 is 29.8 Å². The van der Waals surface area contributed by atoms with Crippen molar-refractivity contribution in [2.75, 3.05) is 26.4 Å². The standard InChI is InChI=1S/5C8H16O2.C5H12O4/c5*1-2-3-4-5-6-7-8(9)10;6-1-5(2-7,3-8)4-9/h5*2-7H2,1H3,(H,9,10);6-9H,1-4H2. The first-order valence-corrected chi connectivity index (χ1v) is 22.6. The van der Waals surface area contributed by atoms with Gasteiger partial charge < -0.3 is 46.0 Å². The van der Waals surface area contributed by atoms with E-state index in [0.717, 1.165) is 64.2 Å². The molecule has 0 atom stereocenters. The Labute approximate surface area is 358 Å². The predicted molar refractivity (Wildman–Crippen MR) is 236 cm³/mol. The monoisotopic (exact) mass is 857 g/mol. The van der Waals surface area contributed by atoms with Crippen molar-refractivity contribution in [3.05, 3.63) is 0 Å². The summed E-state index contributed by atoms with van der Waals surface area (Å²) in [5.74, 6) is -3.35. The molecule has 0 aromatic heterocycles. The van der Waals surface area contributed by atoms with Crippen LogP contribution in [0.25, 0.3) is 0 Å². The second kappa shape index (κ2) is 59.5. The van der Waals surface area contributed by atoms with Gasteiger partial charge in [-0.1, -0.05) is 163 Å². The van der Waals surface area contributed by atoms with Gasteiger partial charge in [0.2, 0.25) is 0 Å². The molecule has 14 heteroatoms. The van der Waals surface area contributed by atoms with Crippen LogP contribution >= 0.6 is 0 Å². The molecule has 9 N–H and O–H groups in total. The summed E-state index contributed by atoms with van der Waals surface area (Å²) in [6.07, 6.45) is 29.4. The Morgan fingerprint density at radius 2 is 0.407 bits per heavy atom. The summed E-state index contributed by atoms with van der Waals surface area (Å²) in [4.78, 5) is 50.2. The molecule has 0 aliphatic carbocycles. The summed E-state index contributed by atoms with van der Waals surface area (Å²) < 4.78 is 0. The average molecular weight is 857 g/mol. The Morgan fingerprint density at radius 3 is 0.492 bits per heavy atom. The smallest absolute Gasteiger partial charge is 0.303 e. The molecule has 0 fully saturated rings. The molecule has 0 heterocycles. The Hall–Kier alpha value is -2.81. The fourth-order valence-electron chi connectivity index (χ4n) is 4.70. The lowest BCUT2D eigenvalue weighted by atomic mass is 9.93. The van der Waals surface area contributed by atoms with Crippen LogP contribution in [0.1, 0.15) is 227 Å².